The molecule has 0 bridgehead atoms. The van der Waals surface area contributed by atoms with E-state index in [-0.39, 0.29) is 5.41 Å². The van der Waals surface area contributed by atoms with Gasteiger partial charge in [0.1, 0.15) is 17.3 Å². The van der Waals surface area contributed by atoms with E-state index < -0.39 is 0 Å². The molecule has 3 aromatic carbocycles. The van der Waals surface area contributed by atoms with E-state index in [2.05, 4.69) is 137 Å². The number of rotatable bonds is 7. The third-order valence-corrected chi connectivity index (χ3v) is 10.0. The second kappa shape index (κ2) is 12.2. The summed E-state index contributed by atoms with van der Waals surface area (Å²) in [5, 5.41) is 7.59. The Morgan fingerprint density at radius 3 is 2.40 bits per heavy atom. The standard InChI is InChI=1S/C42H46N4O/c1-8-35-41(40-27(3)14-12-15-28(40)4)36(9-2)46(44-35)30-16-13-17-31(25-30)47-32-20-21-34-33-18-10-11-19-37(33)45(38(34)26-32)39-24-29(22-23-43-39)42(5,6)7/h10-11,13-14,16-26,28,40H,8-9,12,15H2,1-7H3/t28-,40?/m0/s1. The van der Waals surface area contributed by atoms with Gasteiger partial charge >= 0.3 is 0 Å². The van der Waals surface area contributed by atoms with Crippen molar-refractivity contribution in [2.24, 2.45) is 5.92 Å². The number of ether oxygens (including phenoxy) is 1. The lowest BCUT2D eigenvalue weighted by Gasteiger charge is -2.30. The fourth-order valence-corrected chi connectivity index (χ4v) is 7.60. The maximum Gasteiger partial charge on any atom is 0.137 e. The van der Waals surface area contributed by atoms with Crippen LogP contribution in [0, 0.1) is 5.92 Å². The van der Waals surface area contributed by atoms with Gasteiger partial charge in [-0.3, -0.25) is 4.57 Å². The van der Waals surface area contributed by atoms with Crippen molar-refractivity contribution in [1.29, 1.82) is 0 Å². The molecule has 0 aliphatic heterocycles. The highest BCUT2D eigenvalue weighted by atomic mass is 16.5. The minimum atomic E-state index is 0.0186. The number of aromatic nitrogens is 4. The molecule has 7 rings (SSSR count). The van der Waals surface area contributed by atoms with Crippen LogP contribution in [-0.2, 0) is 18.3 Å². The van der Waals surface area contributed by atoms with Crippen molar-refractivity contribution < 1.29 is 4.74 Å². The van der Waals surface area contributed by atoms with Gasteiger partial charge in [0.2, 0.25) is 0 Å². The molecule has 1 aliphatic carbocycles. The highest BCUT2D eigenvalue weighted by Gasteiger charge is 2.31. The first-order chi connectivity index (χ1) is 22.7. The van der Waals surface area contributed by atoms with Crippen LogP contribution in [0.3, 0.4) is 0 Å². The normalized spacial score (nSPS) is 17.0. The van der Waals surface area contributed by atoms with Crippen LogP contribution in [0.25, 0.3) is 33.3 Å². The highest BCUT2D eigenvalue weighted by molar-refractivity contribution is 6.09. The van der Waals surface area contributed by atoms with Crippen LogP contribution in [0.4, 0.5) is 0 Å². The Hall–Kier alpha value is -4.64. The van der Waals surface area contributed by atoms with Gasteiger partial charge in [-0.2, -0.15) is 5.10 Å². The van der Waals surface area contributed by atoms with Crippen molar-refractivity contribution in [1.82, 2.24) is 19.3 Å². The predicted molar refractivity (Wildman–Crippen MR) is 195 cm³/mol. The molecule has 2 atom stereocenters. The molecule has 0 saturated carbocycles. The number of hydrogen-bond acceptors (Lipinski definition) is 3. The molecule has 47 heavy (non-hydrogen) atoms. The molecular formula is C42H46N4O. The molecular weight excluding hydrogens is 576 g/mol. The quantitative estimate of drug-likeness (QED) is 0.166. The summed E-state index contributed by atoms with van der Waals surface area (Å²) in [5.74, 6) is 3.53. The van der Waals surface area contributed by atoms with E-state index in [1.807, 2.05) is 12.3 Å². The SMILES string of the molecule is CCc1nn(-c2cccc(Oc3ccc4c5ccccc5n(-c5cc(C(C)(C)C)ccn5)c4c3)c2)c(CC)c1C1C(C)=CCC[C@@H]1C. The van der Waals surface area contributed by atoms with Crippen LogP contribution in [0.15, 0.2) is 96.7 Å². The number of allylic oxidation sites excluding steroid dienone is 2. The van der Waals surface area contributed by atoms with Gasteiger partial charge in [0.15, 0.2) is 0 Å². The summed E-state index contributed by atoms with van der Waals surface area (Å²) < 4.78 is 11.0. The molecule has 0 amide bonds. The lowest BCUT2D eigenvalue weighted by atomic mass is 9.74. The van der Waals surface area contributed by atoms with E-state index in [4.69, 9.17) is 14.8 Å². The van der Waals surface area contributed by atoms with Gasteiger partial charge in [-0.25, -0.2) is 9.67 Å². The van der Waals surface area contributed by atoms with Crippen molar-refractivity contribution in [3.05, 3.63) is 119 Å². The number of hydrogen-bond donors (Lipinski definition) is 0. The summed E-state index contributed by atoms with van der Waals surface area (Å²) in [4.78, 5) is 4.84. The van der Waals surface area contributed by atoms with Crippen molar-refractivity contribution in [2.45, 2.75) is 85.5 Å². The maximum atomic E-state index is 6.62. The van der Waals surface area contributed by atoms with Gasteiger partial charge in [-0.15, -0.1) is 0 Å². The van der Waals surface area contributed by atoms with Crippen molar-refractivity contribution in [2.75, 3.05) is 0 Å². The number of para-hydroxylation sites is 1. The van der Waals surface area contributed by atoms with E-state index in [9.17, 15) is 0 Å². The Morgan fingerprint density at radius 2 is 1.64 bits per heavy atom. The summed E-state index contributed by atoms with van der Waals surface area (Å²) >= 11 is 0. The number of fused-ring (bicyclic) bond motifs is 3. The topological polar surface area (TPSA) is 44.9 Å². The van der Waals surface area contributed by atoms with Crippen molar-refractivity contribution >= 4 is 21.8 Å². The monoisotopic (exact) mass is 622 g/mol. The molecule has 3 heterocycles. The molecule has 0 radical (unpaired) electrons. The first-order valence-corrected chi connectivity index (χ1v) is 17.2. The van der Waals surface area contributed by atoms with Crippen LogP contribution in [0.1, 0.15) is 89.7 Å². The first-order valence-electron chi connectivity index (χ1n) is 17.2. The van der Waals surface area contributed by atoms with E-state index in [1.165, 1.54) is 51.7 Å². The molecule has 0 fully saturated rings. The lowest BCUT2D eigenvalue weighted by Crippen LogP contribution is -2.17. The van der Waals surface area contributed by atoms with Crippen LogP contribution in [0.5, 0.6) is 11.5 Å². The van der Waals surface area contributed by atoms with Crippen LogP contribution >= 0.6 is 0 Å². The Balaban J connectivity index is 1.29. The summed E-state index contributed by atoms with van der Waals surface area (Å²) in [5.41, 5.74) is 9.94. The fourth-order valence-electron chi connectivity index (χ4n) is 7.60. The highest BCUT2D eigenvalue weighted by Crippen LogP contribution is 2.42. The summed E-state index contributed by atoms with van der Waals surface area (Å²) in [7, 11) is 0. The summed E-state index contributed by atoms with van der Waals surface area (Å²) in [6.45, 7) is 15.9. The Bertz CT molecular complexity index is 2120. The van der Waals surface area contributed by atoms with Gasteiger partial charge in [-0.05, 0) is 92.0 Å². The number of benzene rings is 3. The van der Waals surface area contributed by atoms with Gasteiger partial charge in [-0.1, -0.05) is 77.5 Å². The Kier molecular flexibility index (Phi) is 8.03. The lowest BCUT2D eigenvalue weighted by molar-refractivity contribution is 0.446. The molecule has 3 aromatic heterocycles. The fraction of sp³-hybridized carbons (Fsp3) is 0.333. The largest absolute Gasteiger partial charge is 0.457 e. The predicted octanol–water partition coefficient (Wildman–Crippen LogP) is 11.0. The molecule has 5 heteroatoms. The van der Waals surface area contributed by atoms with Crippen molar-refractivity contribution in [3.8, 4) is 23.0 Å². The molecule has 0 saturated heterocycles. The molecule has 240 valence electrons. The third kappa shape index (κ3) is 5.56. The van der Waals surface area contributed by atoms with E-state index in [1.54, 1.807) is 0 Å². The van der Waals surface area contributed by atoms with E-state index in [0.717, 1.165) is 46.9 Å². The van der Waals surface area contributed by atoms with E-state index >= 15 is 0 Å². The first kappa shape index (κ1) is 31.0. The van der Waals surface area contributed by atoms with Crippen molar-refractivity contribution in [3.63, 3.8) is 0 Å². The van der Waals surface area contributed by atoms with Crippen LogP contribution in [-0.4, -0.2) is 19.3 Å². The van der Waals surface area contributed by atoms with Gasteiger partial charge in [0, 0.05) is 46.3 Å². The Morgan fingerprint density at radius 1 is 0.851 bits per heavy atom. The zero-order chi connectivity index (χ0) is 32.9. The summed E-state index contributed by atoms with van der Waals surface area (Å²) in [6, 6.07) is 27.6. The Labute approximate surface area is 278 Å². The molecule has 1 unspecified atom stereocenters. The molecule has 1 aliphatic rings. The second-order valence-electron chi connectivity index (χ2n) is 14.2. The third-order valence-electron chi connectivity index (χ3n) is 10.0. The van der Waals surface area contributed by atoms with Gasteiger partial charge < -0.3 is 4.74 Å². The second-order valence-corrected chi connectivity index (χ2v) is 14.2. The molecule has 5 nitrogen and oxygen atoms in total. The van der Waals surface area contributed by atoms with Gasteiger partial charge in [0.05, 0.1) is 22.4 Å². The molecule has 0 N–H and O–H groups in total. The van der Waals surface area contributed by atoms with Gasteiger partial charge in [0.25, 0.3) is 0 Å². The minimum Gasteiger partial charge on any atom is -0.457 e. The minimum absolute atomic E-state index is 0.0186. The zero-order valence-electron chi connectivity index (χ0n) is 28.8. The van der Waals surface area contributed by atoms with Crippen LogP contribution in [0.2, 0.25) is 0 Å². The number of aryl methyl sites for hydroxylation is 1. The number of nitrogens with zero attached hydrogens (tertiary/aromatic N) is 4. The number of pyridine rings is 1. The molecule has 0 spiro atoms. The zero-order valence-corrected chi connectivity index (χ0v) is 28.8. The average molecular weight is 623 g/mol. The molecule has 6 aromatic rings. The summed E-state index contributed by atoms with van der Waals surface area (Å²) in [6.07, 6.45) is 8.60. The van der Waals surface area contributed by atoms with E-state index in [0.29, 0.717) is 11.8 Å². The average Bonchev–Trinajstić information content (AvgIpc) is 3.60. The maximum absolute atomic E-state index is 6.62. The smallest absolute Gasteiger partial charge is 0.137 e. The van der Waals surface area contributed by atoms with Crippen LogP contribution < -0.4 is 4.74 Å².